The number of thioether (sulfide) groups is 1. The lowest BCUT2D eigenvalue weighted by Crippen LogP contribution is -2.30. The van der Waals surface area contributed by atoms with Crippen molar-refractivity contribution in [3.63, 3.8) is 0 Å². The molecule has 0 amide bonds. The number of nitrogens with zero attached hydrogens (tertiary/aromatic N) is 1. The summed E-state index contributed by atoms with van der Waals surface area (Å²) in [4.78, 5) is 3.58. The van der Waals surface area contributed by atoms with Crippen molar-refractivity contribution in [3.8, 4) is 0 Å². The smallest absolute Gasteiger partial charge is 0.0466 e. The minimum Gasteiger partial charge on any atom is -0.311 e. The van der Waals surface area contributed by atoms with E-state index in [4.69, 9.17) is 0 Å². The normalized spacial score (nSPS) is 12.6. The summed E-state index contributed by atoms with van der Waals surface area (Å²) in [6, 6.07) is 19.8. The molecule has 2 rings (SSSR count). The molecular formula is C18H24N2S. The molecule has 2 aromatic carbocycles. The maximum Gasteiger partial charge on any atom is 0.0466 e. The lowest BCUT2D eigenvalue weighted by atomic mass is 10.1. The van der Waals surface area contributed by atoms with Crippen LogP contribution in [-0.4, -0.2) is 31.8 Å². The Bertz CT molecular complexity index is 523. The van der Waals surface area contributed by atoms with E-state index >= 15 is 0 Å². The highest BCUT2D eigenvalue weighted by Gasteiger charge is 2.12. The third-order valence-electron chi connectivity index (χ3n) is 3.63. The number of benzene rings is 2. The molecule has 0 aliphatic heterocycles. The first kappa shape index (κ1) is 16.1. The van der Waals surface area contributed by atoms with Crippen LogP contribution in [0.2, 0.25) is 0 Å². The zero-order chi connectivity index (χ0) is 15.1. The van der Waals surface area contributed by atoms with Gasteiger partial charge in [-0.1, -0.05) is 42.5 Å². The summed E-state index contributed by atoms with van der Waals surface area (Å²) in [5.41, 5.74) is 2.69. The van der Waals surface area contributed by atoms with Gasteiger partial charge in [0, 0.05) is 24.0 Å². The molecule has 0 spiro atoms. The van der Waals surface area contributed by atoms with Crippen molar-refractivity contribution in [1.82, 2.24) is 10.2 Å². The molecule has 1 atom stereocenters. The molecule has 2 nitrogen and oxygen atoms in total. The standard InChI is InChI=1S/C18H24N2S/c1-20(2)18(16-7-5-4-6-8-16)14-19-13-15-9-11-17(21-3)12-10-15/h4-12,18-19H,13-14H2,1-3H3. The van der Waals surface area contributed by atoms with E-state index < -0.39 is 0 Å². The molecule has 0 fully saturated rings. The van der Waals surface area contributed by atoms with Gasteiger partial charge in [-0.3, -0.25) is 0 Å². The van der Waals surface area contributed by atoms with E-state index in [0.717, 1.165) is 13.1 Å². The van der Waals surface area contributed by atoms with Crippen LogP contribution in [0.15, 0.2) is 59.5 Å². The maximum atomic E-state index is 3.57. The Kier molecular flexibility index (Phi) is 6.30. The van der Waals surface area contributed by atoms with Gasteiger partial charge in [0.15, 0.2) is 0 Å². The minimum absolute atomic E-state index is 0.400. The number of rotatable bonds is 7. The fourth-order valence-electron chi connectivity index (χ4n) is 2.37. The third-order valence-corrected chi connectivity index (χ3v) is 4.38. The van der Waals surface area contributed by atoms with Crippen LogP contribution in [0.4, 0.5) is 0 Å². The van der Waals surface area contributed by atoms with Gasteiger partial charge in [-0.25, -0.2) is 0 Å². The van der Waals surface area contributed by atoms with Crippen molar-refractivity contribution in [1.29, 1.82) is 0 Å². The average molecular weight is 300 g/mol. The van der Waals surface area contributed by atoms with Crippen molar-refractivity contribution in [2.45, 2.75) is 17.5 Å². The molecular weight excluding hydrogens is 276 g/mol. The molecule has 1 unspecified atom stereocenters. The number of likely N-dealkylation sites (N-methyl/N-ethyl adjacent to an activating group) is 1. The summed E-state index contributed by atoms with van der Waals surface area (Å²) in [5, 5.41) is 3.57. The van der Waals surface area contributed by atoms with Crippen LogP contribution in [0, 0.1) is 0 Å². The zero-order valence-electron chi connectivity index (χ0n) is 13.0. The van der Waals surface area contributed by atoms with Crippen LogP contribution in [0.1, 0.15) is 17.2 Å². The van der Waals surface area contributed by atoms with Crippen LogP contribution in [0.3, 0.4) is 0 Å². The molecule has 0 aliphatic carbocycles. The fraction of sp³-hybridized carbons (Fsp3) is 0.333. The largest absolute Gasteiger partial charge is 0.311 e. The van der Waals surface area contributed by atoms with Crippen molar-refractivity contribution < 1.29 is 0 Å². The maximum absolute atomic E-state index is 3.57. The summed E-state index contributed by atoms with van der Waals surface area (Å²) < 4.78 is 0. The van der Waals surface area contributed by atoms with Crippen LogP contribution in [0.25, 0.3) is 0 Å². The first-order valence-electron chi connectivity index (χ1n) is 7.25. The topological polar surface area (TPSA) is 15.3 Å². The van der Waals surface area contributed by atoms with E-state index in [-0.39, 0.29) is 0 Å². The summed E-state index contributed by atoms with van der Waals surface area (Å²) in [6.07, 6.45) is 2.11. The first-order valence-corrected chi connectivity index (χ1v) is 8.48. The van der Waals surface area contributed by atoms with Gasteiger partial charge in [-0.2, -0.15) is 0 Å². The third kappa shape index (κ3) is 4.88. The van der Waals surface area contributed by atoms with Crippen LogP contribution in [0.5, 0.6) is 0 Å². The summed E-state index contributed by atoms with van der Waals surface area (Å²) >= 11 is 1.78. The highest BCUT2D eigenvalue weighted by molar-refractivity contribution is 7.98. The first-order chi connectivity index (χ1) is 10.2. The lowest BCUT2D eigenvalue weighted by Gasteiger charge is -2.25. The SMILES string of the molecule is CSc1ccc(CNCC(c2ccccc2)N(C)C)cc1. The monoisotopic (exact) mass is 300 g/mol. The molecule has 0 aromatic heterocycles. The van der Waals surface area contributed by atoms with Gasteiger partial charge in [0.05, 0.1) is 0 Å². The van der Waals surface area contributed by atoms with Crippen LogP contribution in [-0.2, 0) is 6.54 Å². The van der Waals surface area contributed by atoms with Crippen LogP contribution >= 0.6 is 11.8 Å². The van der Waals surface area contributed by atoms with E-state index in [0.29, 0.717) is 6.04 Å². The molecule has 1 N–H and O–H groups in total. The predicted octanol–water partition coefficient (Wildman–Crippen LogP) is 3.80. The molecule has 3 heteroatoms. The molecule has 0 saturated carbocycles. The second-order valence-electron chi connectivity index (χ2n) is 5.37. The van der Waals surface area contributed by atoms with Crippen molar-refractivity contribution >= 4 is 11.8 Å². The Hall–Kier alpha value is -1.29. The molecule has 0 bridgehead atoms. The summed E-state index contributed by atoms with van der Waals surface area (Å²) in [6.45, 7) is 1.85. The number of hydrogen-bond donors (Lipinski definition) is 1. The van der Waals surface area contributed by atoms with E-state index in [9.17, 15) is 0 Å². The molecule has 21 heavy (non-hydrogen) atoms. The van der Waals surface area contributed by atoms with Crippen molar-refractivity contribution in [2.24, 2.45) is 0 Å². The van der Waals surface area contributed by atoms with E-state index in [2.05, 4.69) is 85.2 Å². The van der Waals surface area contributed by atoms with Gasteiger partial charge in [0.2, 0.25) is 0 Å². The Morgan fingerprint density at radius 3 is 2.24 bits per heavy atom. The molecule has 0 radical (unpaired) electrons. The van der Waals surface area contributed by atoms with E-state index in [1.54, 1.807) is 11.8 Å². The van der Waals surface area contributed by atoms with Crippen molar-refractivity contribution in [2.75, 3.05) is 26.9 Å². The van der Waals surface area contributed by atoms with Gasteiger partial charge >= 0.3 is 0 Å². The second kappa shape index (κ2) is 8.23. The summed E-state index contributed by atoms with van der Waals surface area (Å²) in [5.74, 6) is 0. The van der Waals surface area contributed by atoms with E-state index in [1.165, 1.54) is 16.0 Å². The zero-order valence-corrected chi connectivity index (χ0v) is 13.9. The van der Waals surface area contributed by atoms with E-state index in [1.807, 2.05) is 0 Å². The van der Waals surface area contributed by atoms with Crippen LogP contribution < -0.4 is 5.32 Å². The quantitative estimate of drug-likeness (QED) is 0.783. The Morgan fingerprint density at radius 1 is 1.00 bits per heavy atom. The van der Waals surface area contributed by atoms with Gasteiger partial charge in [0.1, 0.15) is 0 Å². The van der Waals surface area contributed by atoms with Crippen molar-refractivity contribution in [3.05, 3.63) is 65.7 Å². The number of hydrogen-bond acceptors (Lipinski definition) is 3. The highest BCUT2D eigenvalue weighted by Crippen LogP contribution is 2.17. The Labute approximate surface area is 132 Å². The second-order valence-corrected chi connectivity index (χ2v) is 6.25. The van der Waals surface area contributed by atoms with Gasteiger partial charge in [0.25, 0.3) is 0 Å². The summed E-state index contributed by atoms with van der Waals surface area (Å²) in [7, 11) is 4.26. The Balaban J connectivity index is 1.90. The minimum atomic E-state index is 0.400. The highest BCUT2D eigenvalue weighted by atomic mass is 32.2. The van der Waals surface area contributed by atoms with Gasteiger partial charge in [-0.05, 0) is 43.6 Å². The van der Waals surface area contributed by atoms with Gasteiger partial charge < -0.3 is 10.2 Å². The molecule has 0 aliphatic rings. The molecule has 2 aromatic rings. The fourth-order valence-corrected chi connectivity index (χ4v) is 2.78. The predicted molar refractivity (Wildman–Crippen MR) is 92.8 cm³/mol. The van der Waals surface area contributed by atoms with Gasteiger partial charge in [-0.15, -0.1) is 11.8 Å². The molecule has 0 saturated heterocycles. The molecule has 0 heterocycles. The Morgan fingerprint density at radius 2 is 1.67 bits per heavy atom. The lowest BCUT2D eigenvalue weighted by molar-refractivity contribution is 0.288. The molecule has 112 valence electrons. The average Bonchev–Trinajstić information content (AvgIpc) is 2.52. The number of nitrogens with one attached hydrogen (secondary N) is 1.